The van der Waals surface area contributed by atoms with Gasteiger partial charge in [-0.05, 0) is 24.3 Å². The fourth-order valence-corrected chi connectivity index (χ4v) is 9.73. The third-order valence-corrected chi connectivity index (χ3v) is 12.3. The highest BCUT2D eigenvalue weighted by Gasteiger charge is 2.20. The summed E-state index contributed by atoms with van der Waals surface area (Å²) in [5, 5.41) is 4.69. The van der Waals surface area contributed by atoms with Crippen LogP contribution in [0.1, 0.15) is 0 Å². The molecule has 6 nitrogen and oxygen atoms in total. The Labute approximate surface area is 329 Å². The number of rotatable bonds is 6. The van der Waals surface area contributed by atoms with E-state index in [2.05, 4.69) is 78.9 Å². The zero-order chi connectivity index (χ0) is 37.0. The Bertz CT molecular complexity index is 3190. The van der Waals surface area contributed by atoms with Gasteiger partial charge in [0.1, 0.15) is 0 Å². The molecule has 4 heterocycles. The molecule has 0 amide bonds. The maximum atomic E-state index is 5.18. The Morgan fingerprint density at radius 1 is 0.286 bits per heavy atom. The molecule has 56 heavy (non-hydrogen) atoms. The Balaban J connectivity index is 1.08. The number of benzene rings is 7. The zero-order valence-corrected chi connectivity index (χ0v) is 31.3. The van der Waals surface area contributed by atoms with Crippen molar-refractivity contribution in [1.29, 1.82) is 0 Å². The van der Waals surface area contributed by atoms with Crippen LogP contribution in [-0.4, -0.2) is 29.9 Å². The summed E-state index contributed by atoms with van der Waals surface area (Å²) in [4.78, 5) is 30.4. The first-order chi connectivity index (χ1) is 27.7. The molecule has 0 aliphatic rings. The molecule has 0 aliphatic carbocycles. The fourth-order valence-electron chi connectivity index (χ4n) is 7.35. The highest BCUT2D eigenvalue weighted by atomic mass is 32.1. The minimum Gasteiger partial charge on any atom is -0.208 e. The second kappa shape index (κ2) is 13.4. The second-order valence-electron chi connectivity index (χ2n) is 13.5. The van der Waals surface area contributed by atoms with Gasteiger partial charge >= 0.3 is 0 Å². The van der Waals surface area contributed by atoms with Crippen molar-refractivity contribution < 1.29 is 0 Å². The summed E-state index contributed by atoms with van der Waals surface area (Å²) in [7, 11) is 0. The number of aromatic nitrogens is 6. The molecule has 0 bridgehead atoms. The zero-order valence-electron chi connectivity index (χ0n) is 29.7. The van der Waals surface area contributed by atoms with Gasteiger partial charge in [-0.1, -0.05) is 146 Å². The monoisotopic (exact) mass is 752 g/mol. The van der Waals surface area contributed by atoms with E-state index in [0.717, 1.165) is 53.6 Å². The van der Waals surface area contributed by atoms with Gasteiger partial charge in [-0.15, -0.1) is 22.7 Å². The van der Waals surface area contributed by atoms with E-state index >= 15 is 0 Å². The maximum absolute atomic E-state index is 5.18. The van der Waals surface area contributed by atoms with Gasteiger partial charge in [-0.3, -0.25) is 0 Å². The summed E-state index contributed by atoms with van der Waals surface area (Å²) in [6.07, 6.45) is 0. The minimum atomic E-state index is 0.629. The van der Waals surface area contributed by atoms with Crippen LogP contribution >= 0.6 is 22.7 Å². The van der Waals surface area contributed by atoms with E-state index in [1.54, 1.807) is 22.7 Å². The largest absolute Gasteiger partial charge is 0.208 e. The quantitative estimate of drug-likeness (QED) is 0.168. The van der Waals surface area contributed by atoms with Crippen molar-refractivity contribution in [2.24, 2.45) is 0 Å². The summed E-state index contributed by atoms with van der Waals surface area (Å²) in [5.41, 5.74) is 5.71. The molecule has 0 fully saturated rings. The molecule has 0 saturated heterocycles. The average molecular weight is 753 g/mol. The molecule has 7 aromatic carbocycles. The Morgan fingerprint density at radius 3 is 1.41 bits per heavy atom. The molecule has 0 unspecified atom stereocenters. The van der Waals surface area contributed by atoms with Gasteiger partial charge in [0, 0.05) is 73.7 Å². The molecular weight excluding hydrogens is 725 g/mol. The van der Waals surface area contributed by atoms with Crippen molar-refractivity contribution in [2.75, 3.05) is 0 Å². The van der Waals surface area contributed by atoms with Gasteiger partial charge in [0.15, 0.2) is 34.9 Å². The summed E-state index contributed by atoms with van der Waals surface area (Å²) in [5.74, 6) is 3.84. The molecule has 8 heteroatoms. The van der Waals surface area contributed by atoms with Gasteiger partial charge in [0.2, 0.25) is 0 Å². The van der Waals surface area contributed by atoms with Crippen molar-refractivity contribution in [3.63, 3.8) is 0 Å². The molecule has 11 rings (SSSR count). The lowest BCUT2D eigenvalue weighted by atomic mass is 10.0. The van der Waals surface area contributed by atoms with E-state index in [9.17, 15) is 0 Å². The molecule has 11 aromatic rings. The van der Waals surface area contributed by atoms with Gasteiger partial charge in [-0.25, -0.2) is 29.9 Å². The first-order valence-corrected chi connectivity index (χ1v) is 19.9. The summed E-state index contributed by atoms with van der Waals surface area (Å²) in [6.45, 7) is 0. The minimum absolute atomic E-state index is 0.629. The average Bonchev–Trinajstić information content (AvgIpc) is 3.85. The molecule has 0 spiro atoms. The predicted molar refractivity (Wildman–Crippen MR) is 232 cm³/mol. The molecule has 262 valence electrons. The molecule has 4 aromatic heterocycles. The fraction of sp³-hybridized carbons (Fsp3) is 0. The lowest BCUT2D eigenvalue weighted by molar-refractivity contribution is 1.08. The smallest absolute Gasteiger partial charge is 0.165 e. The van der Waals surface area contributed by atoms with Crippen LogP contribution in [0, 0.1) is 0 Å². The van der Waals surface area contributed by atoms with Crippen LogP contribution in [0.3, 0.4) is 0 Å². The number of fused-ring (bicyclic) bond motifs is 6. The van der Waals surface area contributed by atoms with Crippen LogP contribution in [0.2, 0.25) is 0 Å². The van der Waals surface area contributed by atoms with Crippen LogP contribution in [0.25, 0.3) is 109 Å². The molecular formula is C48H28N6S2. The topological polar surface area (TPSA) is 77.3 Å². The number of thiophene rings is 2. The third-order valence-electron chi connectivity index (χ3n) is 10.0. The van der Waals surface area contributed by atoms with Crippen molar-refractivity contribution >= 4 is 63.0 Å². The van der Waals surface area contributed by atoms with Crippen molar-refractivity contribution in [1.82, 2.24) is 29.9 Å². The van der Waals surface area contributed by atoms with Crippen LogP contribution in [-0.2, 0) is 0 Å². The van der Waals surface area contributed by atoms with E-state index < -0.39 is 0 Å². The van der Waals surface area contributed by atoms with Gasteiger partial charge in [0.25, 0.3) is 0 Å². The molecule has 0 saturated carbocycles. The van der Waals surface area contributed by atoms with Crippen LogP contribution in [0.4, 0.5) is 0 Å². The lowest BCUT2D eigenvalue weighted by Gasteiger charge is -2.10. The molecule has 0 radical (unpaired) electrons. The van der Waals surface area contributed by atoms with Gasteiger partial charge < -0.3 is 0 Å². The van der Waals surface area contributed by atoms with Gasteiger partial charge in [0.05, 0.1) is 0 Å². The Hall–Kier alpha value is -7.00. The van der Waals surface area contributed by atoms with Crippen molar-refractivity contribution in [3.8, 4) is 68.3 Å². The summed E-state index contributed by atoms with van der Waals surface area (Å²) >= 11 is 3.52. The van der Waals surface area contributed by atoms with E-state index in [-0.39, 0.29) is 0 Å². The summed E-state index contributed by atoms with van der Waals surface area (Å²) in [6, 6.07) is 58.1. The van der Waals surface area contributed by atoms with Crippen molar-refractivity contribution in [3.05, 3.63) is 170 Å². The van der Waals surface area contributed by atoms with Gasteiger partial charge in [-0.2, -0.15) is 0 Å². The Kier molecular flexibility index (Phi) is 7.75. The normalized spacial score (nSPS) is 11.6. The number of hydrogen-bond donors (Lipinski definition) is 0. The highest BCUT2D eigenvalue weighted by molar-refractivity contribution is 7.26. The maximum Gasteiger partial charge on any atom is 0.165 e. The first kappa shape index (κ1) is 32.4. The van der Waals surface area contributed by atoms with Crippen LogP contribution < -0.4 is 0 Å². The SMILES string of the molecule is c1ccc(-c2nc(-c3ccc4c(c3)sc3cccc(-c5nc(-c6ccccc6)nc(-c6ccccc6)n5)c34)nc(-c3cccc4c3sc3ccccc34)n2)cc1. The van der Waals surface area contributed by atoms with Crippen LogP contribution in [0.5, 0.6) is 0 Å². The standard InChI is InChI=1S/C48H28N6S2/c1-4-14-29(15-5-1)43-49-44(30-16-6-2-7-17-30)52-47(51-43)36-22-13-25-39-41(36)35-27-26-32(28-40(35)55-39)46-50-45(31-18-8-3-9-19-31)53-48(54-46)37-23-12-21-34-33-20-10-11-24-38(33)56-42(34)37/h1-28H. The predicted octanol–water partition coefficient (Wildman–Crippen LogP) is 12.8. The number of nitrogens with zero attached hydrogens (tertiary/aromatic N) is 6. The van der Waals surface area contributed by atoms with Crippen molar-refractivity contribution in [2.45, 2.75) is 0 Å². The van der Waals surface area contributed by atoms with E-state index in [1.165, 1.54) is 20.2 Å². The second-order valence-corrected chi connectivity index (χ2v) is 15.6. The van der Waals surface area contributed by atoms with Crippen LogP contribution in [0.15, 0.2) is 170 Å². The molecule has 0 aliphatic heterocycles. The number of hydrogen-bond acceptors (Lipinski definition) is 8. The molecule has 0 atom stereocenters. The third kappa shape index (κ3) is 5.62. The first-order valence-electron chi connectivity index (χ1n) is 18.3. The van der Waals surface area contributed by atoms with E-state index in [1.807, 2.05) is 91.0 Å². The Morgan fingerprint density at radius 2 is 0.768 bits per heavy atom. The van der Waals surface area contributed by atoms with E-state index in [4.69, 9.17) is 29.9 Å². The molecule has 0 N–H and O–H groups in total. The highest BCUT2D eigenvalue weighted by Crippen LogP contribution is 2.42. The lowest BCUT2D eigenvalue weighted by Crippen LogP contribution is -2.00. The summed E-state index contributed by atoms with van der Waals surface area (Å²) < 4.78 is 4.68. The van der Waals surface area contributed by atoms with E-state index in [0.29, 0.717) is 34.9 Å².